The van der Waals surface area contributed by atoms with Gasteiger partial charge in [0.15, 0.2) is 0 Å². The van der Waals surface area contributed by atoms with Gasteiger partial charge >= 0.3 is 5.69 Å². The van der Waals surface area contributed by atoms with Crippen molar-refractivity contribution in [3.8, 4) is 11.3 Å². The summed E-state index contributed by atoms with van der Waals surface area (Å²) in [5.41, 5.74) is -0.227. The van der Waals surface area contributed by atoms with Gasteiger partial charge in [0.25, 0.3) is 5.56 Å². The molecule has 0 aliphatic carbocycles. The molecule has 0 aromatic carbocycles. The van der Waals surface area contributed by atoms with Crippen LogP contribution in [-0.2, 0) is 11.2 Å². The van der Waals surface area contributed by atoms with E-state index in [-0.39, 0.29) is 13.0 Å². The van der Waals surface area contributed by atoms with E-state index in [2.05, 4.69) is 11.9 Å². The molecule has 29 heavy (non-hydrogen) atoms. The molecule has 1 aliphatic rings. The number of nitrogens with one attached hydrogen (secondary N) is 1. The molecule has 1 fully saturated rings. The largest absolute Gasteiger partial charge is 0.464 e. The lowest BCUT2D eigenvalue weighted by Gasteiger charge is -2.20. The standard InChI is InChI=1S/C21H30N2O6/c1-2-3-4-5-6-7-9-14-19(16-10-8-11-28-16)20(26)22-21(27)23(14)18-12-15(25)17(13-24)29-18/h8,10-11,15,17-18,24-25H,2-7,9,12-13H2,1H3,(H,22,26,27)/t15-,17+,18+/m0/s1. The molecule has 3 atom stereocenters. The number of ether oxygens (including phenoxy) is 1. The summed E-state index contributed by atoms with van der Waals surface area (Å²) in [4.78, 5) is 27.7. The van der Waals surface area contributed by atoms with E-state index in [1.54, 1.807) is 12.1 Å². The summed E-state index contributed by atoms with van der Waals surface area (Å²) in [6.07, 6.45) is 6.22. The van der Waals surface area contributed by atoms with Gasteiger partial charge in [-0.2, -0.15) is 0 Å². The summed E-state index contributed by atoms with van der Waals surface area (Å²) in [5, 5.41) is 19.5. The number of rotatable bonds is 10. The molecule has 0 unspecified atom stereocenters. The van der Waals surface area contributed by atoms with E-state index >= 15 is 0 Å². The van der Waals surface area contributed by atoms with Crippen molar-refractivity contribution >= 4 is 0 Å². The van der Waals surface area contributed by atoms with Crippen LogP contribution in [0.15, 0.2) is 32.4 Å². The average Bonchev–Trinajstić information content (AvgIpc) is 3.34. The van der Waals surface area contributed by atoms with Crippen LogP contribution >= 0.6 is 0 Å². The SMILES string of the molecule is CCCCCCCCc1c(-c2ccco2)c(=O)[nH]c(=O)n1[C@H]1C[C@H](O)[C@@H](CO)O1. The Morgan fingerprint density at radius 3 is 2.62 bits per heavy atom. The Morgan fingerprint density at radius 1 is 1.21 bits per heavy atom. The van der Waals surface area contributed by atoms with Gasteiger partial charge < -0.3 is 19.4 Å². The van der Waals surface area contributed by atoms with Crippen molar-refractivity contribution in [1.82, 2.24) is 9.55 Å². The van der Waals surface area contributed by atoms with Crippen LogP contribution in [0.2, 0.25) is 0 Å². The number of furan rings is 1. The number of aliphatic hydroxyl groups is 2. The zero-order valence-electron chi connectivity index (χ0n) is 16.8. The predicted octanol–water partition coefficient (Wildman–Crippen LogP) is 2.34. The first-order valence-corrected chi connectivity index (χ1v) is 10.4. The van der Waals surface area contributed by atoms with Crippen LogP contribution in [0.5, 0.6) is 0 Å². The van der Waals surface area contributed by atoms with Gasteiger partial charge in [-0.25, -0.2) is 4.79 Å². The van der Waals surface area contributed by atoms with Gasteiger partial charge in [-0.3, -0.25) is 14.3 Å². The highest BCUT2D eigenvalue weighted by Crippen LogP contribution is 2.31. The van der Waals surface area contributed by atoms with Crippen LogP contribution in [0.1, 0.15) is 63.8 Å². The molecule has 1 aliphatic heterocycles. The number of hydrogen-bond acceptors (Lipinski definition) is 6. The maximum Gasteiger partial charge on any atom is 0.330 e. The summed E-state index contributed by atoms with van der Waals surface area (Å²) in [5.74, 6) is 0.387. The molecule has 3 heterocycles. The second kappa shape index (κ2) is 10.0. The molecule has 8 heteroatoms. The highest BCUT2D eigenvalue weighted by Gasteiger charge is 2.36. The number of aliphatic hydroxyl groups excluding tert-OH is 2. The minimum Gasteiger partial charge on any atom is -0.464 e. The monoisotopic (exact) mass is 406 g/mol. The molecule has 0 spiro atoms. The smallest absolute Gasteiger partial charge is 0.330 e. The lowest BCUT2D eigenvalue weighted by Crippen LogP contribution is -2.36. The van der Waals surface area contributed by atoms with E-state index in [1.807, 2.05) is 0 Å². The molecule has 2 aromatic rings. The molecule has 0 bridgehead atoms. The van der Waals surface area contributed by atoms with Crippen LogP contribution in [0.25, 0.3) is 11.3 Å². The topological polar surface area (TPSA) is 118 Å². The summed E-state index contributed by atoms with van der Waals surface area (Å²) in [7, 11) is 0. The lowest BCUT2D eigenvalue weighted by atomic mass is 10.0. The number of aromatic nitrogens is 2. The second-order valence-electron chi connectivity index (χ2n) is 7.56. The van der Waals surface area contributed by atoms with Crippen LogP contribution < -0.4 is 11.2 Å². The fraction of sp³-hybridized carbons (Fsp3) is 0.619. The van der Waals surface area contributed by atoms with E-state index in [4.69, 9.17) is 9.15 Å². The Balaban J connectivity index is 1.95. The van der Waals surface area contributed by atoms with Gasteiger partial charge in [-0.15, -0.1) is 0 Å². The van der Waals surface area contributed by atoms with Crippen molar-refractivity contribution in [3.05, 3.63) is 44.9 Å². The molecule has 0 radical (unpaired) electrons. The first kappa shape index (κ1) is 21.5. The van der Waals surface area contributed by atoms with Crippen LogP contribution in [0, 0.1) is 0 Å². The third-order valence-electron chi connectivity index (χ3n) is 5.45. The van der Waals surface area contributed by atoms with E-state index in [1.165, 1.54) is 30.1 Å². The Kier molecular flexibility index (Phi) is 7.46. The Labute approximate surface area is 169 Å². The van der Waals surface area contributed by atoms with Gasteiger partial charge in [-0.05, 0) is 25.0 Å². The third-order valence-corrected chi connectivity index (χ3v) is 5.45. The fourth-order valence-corrected chi connectivity index (χ4v) is 3.93. The van der Waals surface area contributed by atoms with Crippen molar-refractivity contribution in [2.45, 2.75) is 76.7 Å². The number of H-pyrrole nitrogens is 1. The number of unbranched alkanes of at least 4 members (excludes halogenated alkanes) is 5. The van der Waals surface area contributed by atoms with E-state index < -0.39 is 29.7 Å². The van der Waals surface area contributed by atoms with Gasteiger partial charge in [0, 0.05) is 12.1 Å². The Bertz CT molecular complexity index is 886. The maximum atomic E-state index is 12.7. The predicted molar refractivity (Wildman–Crippen MR) is 108 cm³/mol. The van der Waals surface area contributed by atoms with Crippen molar-refractivity contribution < 1.29 is 19.4 Å². The highest BCUT2D eigenvalue weighted by atomic mass is 16.5. The van der Waals surface area contributed by atoms with Gasteiger partial charge in [0.1, 0.15) is 23.7 Å². The van der Waals surface area contributed by atoms with E-state index in [0.29, 0.717) is 23.4 Å². The fourth-order valence-electron chi connectivity index (χ4n) is 3.93. The quantitative estimate of drug-likeness (QED) is 0.521. The molecular formula is C21H30N2O6. The number of nitrogens with zero attached hydrogens (tertiary/aromatic N) is 1. The maximum absolute atomic E-state index is 12.7. The zero-order valence-corrected chi connectivity index (χ0v) is 16.8. The van der Waals surface area contributed by atoms with Crippen LogP contribution in [0.3, 0.4) is 0 Å². The van der Waals surface area contributed by atoms with Crippen molar-refractivity contribution in [1.29, 1.82) is 0 Å². The van der Waals surface area contributed by atoms with Gasteiger partial charge in [-0.1, -0.05) is 39.0 Å². The Hall–Kier alpha value is -2.16. The molecule has 1 saturated heterocycles. The lowest BCUT2D eigenvalue weighted by molar-refractivity contribution is -0.0467. The van der Waals surface area contributed by atoms with Crippen molar-refractivity contribution in [2.24, 2.45) is 0 Å². The van der Waals surface area contributed by atoms with E-state index in [9.17, 15) is 19.8 Å². The molecule has 0 amide bonds. The first-order valence-electron chi connectivity index (χ1n) is 10.4. The number of hydrogen-bond donors (Lipinski definition) is 3. The summed E-state index contributed by atoms with van der Waals surface area (Å²) in [6, 6.07) is 3.38. The molecule has 3 N–H and O–H groups in total. The van der Waals surface area contributed by atoms with E-state index in [0.717, 1.165) is 19.3 Å². The minimum absolute atomic E-state index is 0.165. The number of aromatic amines is 1. The molecule has 8 nitrogen and oxygen atoms in total. The van der Waals surface area contributed by atoms with Crippen molar-refractivity contribution in [3.63, 3.8) is 0 Å². The van der Waals surface area contributed by atoms with Crippen molar-refractivity contribution in [2.75, 3.05) is 6.61 Å². The average molecular weight is 406 g/mol. The normalized spacial score (nSPS) is 21.7. The summed E-state index contributed by atoms with van der Waals surface area (Å²) in [6.45, 7) is 1.83. The molecule has 0 saturated carbocycles. The summed E-state index contributed by atoms with van der Waals surface area (Å²) >= 11 is 0. The molecular weight excluding hydrogens is 376 g/mol. The van der Waals surface area contributed by atoms with Gasteiger partial charge in [0.2, 0.25) is 0 Å². The van der Waals surface area contributed by atoms with Crippen LogP contribution in [0.4, 0.5) is 0 Å². The third kappa shape index (κ3) is 4.88. The summed E-state index contributed by atoms with van der Waals surface area (Å²) < 4.78 is 12.6. The minimum atomic E-state index is -0.877. The second-order valence-corrected chi connectivity index (χ2v) is 7.56. The first-order chi connectivity index (χ1) is 14.1. The molecule has 160 valence electrons. The van der Waals surface area contributed by atoms with Crippen LogP contribution in [-0.4, -0.2) is 38.6 Å². The molecule has 3 rings (SSSR count). The van der Waals surface area contributed by atoms with Gasteiger partial charge in [0.05, 0.1) is 19.0 Å². The Morgan fingerprint density at radius 2 is 1.97 bits per heavy atom. The molecule has 2 aromatic heterocycles. The zero-order chi connectivity index (χ0) is 20.8. The highest BCUT2D eigenvalue weighted by molar-refractivity contribution is 5.59.